The van der Waals surface area contributed by atoms with E-state index in [1.54, 1.807) is 0 Å². The molecule has 0 amide bonds. The third-order valence-electron chi connectivity index (χ3n) is 13.2. The van der Waals surface area contributed by atoms with Gasteiger partial charge in [-0.05, 0) is 38.5 Å². The maximum atomic E-state index is 12.8. The molecule has 3 aliphatic heterocycles. The van der Waals surface area contributed by atoms with Crippen LogP contribution < -0.4 is 0 Å². The van der Waals surface area contributed by atoms with E-state index in [1.807, 2.05) is 0 Å². The predicted molar refractivity (Wildman–Crippen MR) is 364 cm³/mol. The van der Waals surface area contributed by atoms with Crippen molar-refractivity contribution in [3.05, 3.63) is 0 Å². The summed E-state index contributed by atoms with van der Waals surface area (Å²) in [5.74, 6) is 0.702. The fourth-order valence-electron chi connectivity index (χ4n) is 9.94. The average molecular weight is 1450 g/mol. The number of aliphatic hydroxyl groups excluding tert-OH is 1. The maximum absolute atomic E-state index is 12.8. The molecule has 31 heteroatoms. The van der Waals surface area contributed by atoms with Crippen molar-refractivity contribution in [1.82, 2.24) is 0 Å². The van der Waals surface area contributed by atoms with Gasteiger partial charge in [0.1, 0.15) is 0 Å². The largest absolute Gasteiger partial charge is 0.396 e. The molecule has 3 fully saturated rings. The summed E-state index contributed by atoms with van der Waals surface area (Å²) >= 11 is 12.6. The van der Waals surface area contributed by atoms with Crippen molar-refractivity contribution < 1.29 is 91.1 Å². The van der Waals surface area contributed by atoms with E-state index >= 15 is 0 Å². The Morgan fingerprint density at radius 3 is 0.690 bits per heavy atom. The molecule has 0 aromatic carbocycles. The highest BCUT2D eigenvalue weighted by Crippen LogP contribution is 2.48. The van der Waals surface area contributed by atoms with Gasteiger partial charge in [-0.1, -0.05) is 141 Å². The summed E-state index contributed by atoms with van der Waals surface area (Å²) in [4.78, 5) is 151. The minimum Gasteiger partial charge on any atom is -0.396 e. The molecule has 19 nitrogen and oxygen atoms in total. The lowest BCUT2D eigenvalue weighted by molar-refractivity contribution is -0.110. The fourth-order valence-corrected chi connectivity index (χ4v) is 23.8. The summed E-state index contributed by atoms with van der Waals surface area (Å²) in [6.45, 7) is 17.0. The van der Waals surface area contributed by atoms with Gasteiger partial charge < -0.3 is 33.5 Å². The molecule has 15 atom stereocenters. The highest BCUT2D eigenvalue weighted by molar-refractivity contribution is 8.21. The Hall–Kier alpha value is -0.0400. The van der Waals surface area contributed by atoms with Gasteiger partial charge in [0.15, 0.2) is 61.4 Å². The molecule has 87 heavy (non-hydrogen) atoms. The standard InChI is InChI=1S/C56H84O19S12/c1-29(58)76-22-44-50(82-35(7)64)53(85-38(10)67)47(79-32(4)61)41(73-44)16-13-19-70-26-56(25-57,27-71-20-14-17-42-48(80-33(5)62)54(86-39(11)68)51(83-36(8)65)45(74-42)23-77-30(2)59)28-72-21-15-18-43-49(81-34(6)63)55(87-40(12)69)52(84-37(9)66)46(75-43)24-78-31(3)60/h41-55,57H,13-28H2,1-12H3/t41-,42-,43-,44+,45+,46+,47+,48+,49+,50+,51+,52+,53-,54-,55-/m0/s1. The van der Waals surface area contributed by atoms with E-state index in [1.165, 1.54) is 83.1 Å². The fraction of sp³-hybridized carbons (Fsp3) is 0.786. The summed E-state index contributed by atoms with van der Waals surface area (Å²) in [7, 11) is 0. The molecule has 3 saturated heterocycles. The van der Waals surface area contributed by atoms with Crippen LogP contribution in [0, 0.1) is 5.41 Å². The van der Waals surface area contributed by atoms with E-state index in [4.69, 9.17) is 28.4 Å². The molecule has 0 aliphatic carbocycles. The zero-order valence-corrected chi connectivity index (χ0v) is 61.0. The monoisotopic (exact) mass is 1440 g/mol. The molecule has 1 N–H and O–H groups in total. The van der Waals surface area contributed by atoms with Gasteiger partial charge in [0, 0.05) is 136 Å². The molecule has 0 unspecified atom stereocenters. The highest BCUT2D eigenvalue weighted by Gasteiger charge is 2.51. The molecule has 0 radical (unpaired) electrons. The van der Waals surface area contributed by atoms with Gasteiger partial charge in [0.25, 0.3) is 0 Å². The maximum Gasteiger partial charge on any atom is 0.186 e. The highest BCUT2D eigenvalue weighted by atomic mass is 32.2. The molecular weight excluding hydrogens is 1360 g/mol. The number of hydrogen-bond donors (Lipinski definition) is 1. The van der Waals surface area contributed by atoms with Crippen LogP contribution in [-0.2, 0) is 86.0 Å². The second-order valence-electron chi connectivity index (χ2n) is 21.0. The summed E-state index contributed by atoms with van der Waals surface area (Å²) in [5.41, 5.74) is -1.14. The first-order valence-electron chi connectivity index (χ1n) is 28.2. The quantitative estimate of drug-likeness (QED) is 0.0587. The van der Waals surface area contributed by atoms with Crippen LogP contribution >= 0.6 is 141 Å². The molecular formula is C56H84O19S12. The third-order valence-corrected chi connectivity index (χ3v) is 27.7. The van der Waals surface area contributed by atoms with Crippen molar-refractivity contribution in [2.45, 2.75) is 205 Å². The number of carbonyl (C=O) groups excluding carboxylic acids is 12. The van der Waals surface area contributed by atoms with E-state index in [0.717, 1.165) is 141 Å². The summed E-state index contributed by atoms with van der Waals surface area (Å²) in [6, 6.07) is 0. The van der Waals surface area contributed by atoms with Gasteiger partial charge in [-0.15, -0.1) is 0 Å². The number of aliphatic hydroxyl groups is 1. The van der Waals surface area contributed by atoms with Crippen molar-refractivity contribution >= 4 is 203 Å². The molecule has 494 valence electrons. The first-order chi connectivity index (χ1) is 40.9. The number of rotatable bonds is 34. The molecule has 3 rings (SSSR count). The van der Waals surface area contributed by atoms with Gasteiger partial charge in [-0.2, -0.15) is 0 Å². The lowest BCUT2D eigenvalue weighted by Crippen LogP contribution is -2.55. The van der Waals surface area contributed by atoms with Crippen LogP contribution in [0.4, 0.5) is 0 Å². The molecule has 0 spiro atoms. The zero-order chi connectivity index (χ0) is 65.1. The van der Waals surface area contributed by atoms with Crippen molar-refractivity contribution in [1.29, 1.82) is 0 Å². The van der Waals surface area contributed by atoms with Crippen LogP contribution in [0.5, 0.6) is 0 Å². The minimum atomic E-state index is -1.14. The van der Waals surface area contributed by atoms with Gasteiger partial charge >= 0.3 is 0 Å². The third kappa shape index (κ3) is 30.5. The van der Waals surface area contributed by atoms with Gasteiger partial charge in [-0.25, -0.2) is 0 Å². The Bertz CT molecular complexity index is 2110. The number of thioether (sulfide) groups is 12. The summed E-state index contributed by atoms with van der Waals surface area (Å²) in [6.07, 6.45) is -1.20. The molecule has 3 heterocycles. The second-order valence-corrected chi connectivity index (χ2v) is 36.7. The van der Waals surface area contributed by atoms with Gasteiger partial charge in [0.05, 0.1) is 100.0 Å². The normalized spacial score (nSPS) is 27.5. The Morgan fingerprint density at radius 1 is 0.310 bits per heavy atom. The van der Waals surface area contributed by atoms with Crippen LogP contribution in [0.3, 0.4) is 0 Å². The summed E-state index contributed by atoms with van der Waals surface area (Å²) < 4.78 is 39.0. The Labute approximate surface area is 563 Å². The van der Waals surface area contributed by atoms with E-state index < -0.39 is 95.9 Å². The van der Waals surface area contributed by atoms with Gasteiger partial charge in [0.2, 0.25) is 0 Å². The summed E-state index contributed by atoms with van der Waals surface area (Å²) in [5, 5.41) is 4.48. The Morgan fingerprint density at radius 2 is 0.506 bits per heavy atom. The Balaban J connectivity index is 1.91. The smallest absolute Gasteiger partial charge is 0.186 e. The average Bonchev–Trinajstić information content (AvgIpc) is 0.985. The minimum absolute atomic E-state index is 0.0475. The first-order valence-corrected chi connectivity index (χ1v) is 39.1. The lowest BCUT2D eigenvalue weighted by Gasteiger charge is -2.45. The molecule has 0 aromatic rings. The first kappa shape index (κ1) is 81.2. The lowest BCUT2D eigenvalue weighted by atomic mass is 9.92. The van der Waals surface area contributed by atoms with Crippen LogP contribution in [0.25, 0.3) is 0 Å². The van der Waals surface area contributed by atoms with Crippen molar-refractivity contribution in [3.8, 4) is 0 Å². The van der Waals surface area contributed by atoms with Crippen LogP contribution in [0.1, 0.15) is 122 Å². The van der Waals surface area contributed by atoms with Crippen molar-refractivity contribution in [3.63, 3.8) is 0 Å². The SMILES string of the molecule is CC(=O)SC[C@H]1O[C@@H](CCCOCC(CO)(COCCC[C@@H]2O[C@H](CSC(C)=O)[C@@H](SC(C)=O)[C@@H](SC(C)=O)[C@@H]2SC(C)=O)COCCC[C@@H]2O[C@H](CSC(C)=O)[C@@H](SC(C)=O)[C@@H](SC(C)=O)[C@@H]2SC(C)=O)[C@@H](SC(C)=O)[C@H](SC(C)=O)[C@@H]1SC(C)=O. The van der Waals surface area contributed by atoms with Crippen molar-refractivity contribution in [2.24, 2.45) is 5.41 Å². The van der Waals surface area contributed by atoms with Crippen LogP contribution in [-0.4, -0.2) is 214 Å². The van der Waals surface area contributed by atoms with Crippen molar-refractivity contribution in [2.75, 3.05) is 63.5 Å². The van der Waals surface area contributed by atoms with E-state index in [2.05, 4.69) is 0 Å². The second kappa shape index (κ2) is 42.4. The number of ether oxygens (including phenoxy) is 6. The molecule has 0 saturated carbocycles. The van der Waals surface area contributed by atoms with E-state index in [-0.39, 0.29) is 118 Å². The zero-order valence-electron chi connectivity index (χ0n) is 51.2. The number of hydrogen-bond acceptors (Lipinski definition) is 31. The molecule has 3 aliphatic rings. The van der Waals surface area contributed by atoms with Gasteiger partial charge in [-0.3, -0.25) is 57.5 Å². The Kier molecular flexibility index (Phi) is 39.6. The van der Waals surface area contributed by atoms with E-state index in [9.17, 15) is 62.6 Å². The number of carbonyl (C=O) groups is 12. The van der Waals surface area contributed by atoms with Crippen LogP contribution in [0.2, 0.25) is 0 Å². The molecule has 0 aromatic heterocycles. The topological polar surface area (TPSA) is 280 Å². The van der Waals surface area contributed by atoms with Crippen LogP contribution in [0.15, 0.2) is 0 Å². The van der Waals surface area contributed by atoms with E-state index in [0.29, 0.717) is 38.5 Å². The molecule has 0 bridgehead atoms. The predicted octanol–water partition coefficient (Wildman–Crippen LogP) is 9.33.